The molecule has 1 aromatic rings. The maximum atomic E-state index is 12.0. The molecule has 24 heavy (non-hydrogen) atoms. The average molecular weight is 338 g/mol. The van der Waals surface area contributed by atoms with E-state index in [0.29, 0.717) is 23.9 Å². The van der Waals surface area contributed by atoms with Crippen LogP contribution < -0.4 is 19.1 Å². The van der Waals surface area contributed by atoms with Crippen LogP contribution in [0, 0.1) is 5.92 Å². The zero-order valence-corrected chi connectivity index (χ0v) is 15.0. The second-order valence-electron chi connectivity index (χ2n) is 5.97. The highest BCUT2D eigenvalue weighted by atomic mass is 16.5. The van der Waals surface area contributed by atoms with Gasteiger partial charge in [0.15, 0.2) is 11.5 Å². The molecular weight excluding hydrogens is 310 g/mol. The largest absolute Gasteiger partial charge is 0.493 e. The third-order valence-corrected chi connectivity index (χ3v) is 4.46. The summed E-state index contributed by atoms with van der Waals surface area (Å²) in [6.45, 7) is 4.89. The highest BCUT2D eigenvalue weighted by molar-refractivity contribution is 5.72. The van der Waals surface area contributed by atoms with Crippen LogP contribution in [0.2, 0.25) is 0 Å². The third kappa shape index (κ3) is 4.12. The van der Waals surface area contributed by atoms with E-state index in [-0.39, 0.29) is 11.9 Å². The third-order valence-electron chi connectivity index (χ3n) is 4.46. The quantitative estimate of drug-likeness (QED) is 0.754. The van der Waals surface area contributed by atoms with E-state index in [4.69, 9.17) is 18.9 Å². The summed E-state index contributed by atoms with van der Waals surface area (Å²) in [5, 5.41) is 0. The van der Waals surface area contributed by atoms with Crippen molar-refractivity contribution in [1.29, 1.82) is 0 Å². The first-order valence-corrected chi connectivity index (χ1v) is 8.42. The zero-order chi connectivity index (χ0) is 17.5. The molecule has 1 fully saturated rings. The molecule has 1 heterocycles. The van der Waals surface area contributed by atoms with Crippen LogP contribution in [0.3, 0.4) is 0 Å². The molecule has 0 radical (unpaired) electrons. The molecule has 1 aliphatic rings. The lowest BCUT2D eigenvalue weighted by Gasteiger charge is -2.29. The minimum atomic E-state index is -0.0750. The molecule has 1 saturated heterocycles. The summed E-state index contributed by atoms with van der Waals surface area (Å²) in [5.41, 5.74) is 1.05. The number of carbonyl (C=O) groups is 1. The van der Waals surface area contributed by atoms with Gasteiger partial charge in [-0.25, -0.2) is 0 Å². The molecule has 0 amide bonds. The molecular formula is C18H28NO5+. The van der Waals surface area contributed by atoms with Gasteiger partial charge in [0, 0.05) is 0 Å². The fourth-order valence-corrected chi connectivity index (χ4v) is 3.34. The van der Waals surface area contributed by atoms with Gasteiger partial charge in [0.05, 0.1) is 46.6 Å². The van der Waals surface area contributed by atoms with Crippen LogP contribution in [0.5, 0.6) is 17.2 Å². The first-order chi connectivity index (χ1) is 11.6. The van der Waals surface area contributed by atoms with E-state index in [9.17, 15) is 4.79 Å². The van der Waals surface area contributed by atoms with E-state index in [1.54, 1.807) is 21.3 Å². The number of esters is 1. The predicted octanol–water partition coefficient (Wildman–Crippen LogP) is 1.07. The first-order valence-electron chi connectivity index (χ1n) is 8.42. The molecule has 0 aliphatic carbocycles. The van der Waals surface area contributed by atoms with Gasteiger partial charge in [-0.3, -0.25) is 4.79 Å². The van der Waals surface area contributed by atoms with Gasteiger partial charge in [0.1, 0.15) is 12.5 Å². The summed E-state index contributed by atoms with van der Waals surface area (Å²) in [5.74, 6) is 1.86. The van der Waals surface area contributed by atoms with Crippen molar-refractivity contribution in [2.24, 2.45) is 5.92 Å². The van der Waals surface area contributed by atoms with E-state index in [1.165, 1.54) is 4.90 Å². The summed E-state index contributed by atoms with van der Waals surface area (Å²) in [7, 11) is 4.85. The SMILES string of the molecule is CCOC(=O)[C@H]1CCC[NH+](Cc2ccc(OC)c(OC)c2OC)C1. The summed E-state index contributed by atoms with van der Waals surface area (Å²) in [4.78, 5) is 13.4. The Bertz CT molecular complexity index is 561. The van der Waals surface area contributed by atoms with Gasteiger partial charge >= 0.3 is 5.97 Å². The Morgan fingerprint density at radius 1 is 1.17 bits per heavy atom. The molecule has 1 aromatic carbocycles. The van der Waals surface area contributed by atoms with Crippen molar-refractivity contribution < 1.29 is 28.6 Å². The second kappa shape index (κ2) is 8.78. The van der Waals surface area contributed by atoms with Crippen molar-refractivity contribution in [3.05, 3.63) is 17.7 Å². The zero-order valence-electron chi connectivity index (χ0n) is 15.0. The Morgan fingerprint density at radius 2 is 1.92 bits per heavy atom. The molecule has 0 bridgehead atoms. The van der Waals surface area contributed by atoms with Gasteiger partial charge in [-0.1, -0.05) is 0 Å². The van der Waals surface area contributed by atoms with E-state index < -0.39 is 0 Å². The minimum Gasteiger partial charge on any atom is -0.493 e. The van der Waals surface area contributed by atoms with Crippen molar-refractivity contribution in [3.8, 4) is 17.2 Å². The van der Waals surface area contributed by atoms with Crippen molar-refractivity contribution in [2.45, 2.75) is 26.3 Å². The first kappa shape index (κ1) is 18.4. The number of quaternary nitrogens is 1. The Kier molecular flexibility index (Phi) is 6.73. The van der Waals surface area contributed by atoms with Gasteiger partial charge in [-0.15, -0.1) is 0 Å². The monoisotopic (exact) mass is 338 g/mol. The van der Waals surface area contributed by atoms with E-state index in [0.717, 1.165) is 38.0 Å². The van der Waals surface area contributed by atoms with Crippen molar-refractivity contribution in [2.75, 3.05) is 41.0 Å². The summed E-state index contributed by atoms with van der Waals surface area (Å²) in [6.07, 6.45) is 1.93. The normalized spacial score (nSPS) is 20.3. The molecule has 0 spiro atoms. The standard InChI is InChI=1S/C18H27NO5/c1-5-24-18(20)14-7-6-10-19(12-14)11-13-8-9-15(21-2)17(23-4)16(13)22-3/h8-9,14H,5-7,10-12H2,1-4H3/p+1/t14-/m0/s1. The number of ether oxygens (including phenoxy) is 4. The van der Waals surface area contributed by atoms with Crippen LogP contribution in [0.4, 0.5) is 0 Å². The number of nitrogens with one attached hydrogen (secondary N) is 1. The smallest absolute Gasteiger partial charge is 0.314 e. The van der Waals surface area contributed by atoms with Gasteiger partial charge in [-0.05, 0) is 31.9 Å². The number of carbonyl (C=O) groups excluding carboxylic acids is 1. The van der Waals surface area contributed by atoms with Crippen molar-refractivity contribution in [1.82, 2.24) is 0 Å². The number of benzene rings is 1. The molecule has 134 valence electrons. The van der Waals surface area contributed by atoms with Gasteiger partial charge in [0.25, 0.3) is 0 Å². The maximum Gasteiger partial charge on any atom is 0.314 e. The lowest BCUT2D eigenvalue weighted by atomic mass is 9.97. The predicted molar refractivity (Wildman–Crippen MR) is 89.9 cm³/mol. The van der Waals surface area contributed by atoms with Crippen LogP contribution in [-0.4, -0.2) is 47.0 Å². The molecule has 2 rings (SSSR count). The Morgan fingerprint density at radius 3 is 2.54 bits per heavy atom. The summed E-state index contributed by atoms with van der Waals surface area (Å²) >= 11 is 0. The Balaban J connectivity index is 2.14. The molecule has 1 N–H and O–H groups in total. The summed E-state index contributed by atoms with van der Waals surface area (Å²) < 4.78 is 21.5. The number of piperidine rings is 1. The fraction of sp³-hybridized carbons (Fsp3) is 0.611. The van der Waals surface area contributed by atoms with Crippen molar-refractivity contribution >= 4 is 5.97 Å². The van der Waals surface area contributed by atoms with E-state index >= 15 is 0 Å². The van der Waals surface area contributed by atoms with Crippen LogP contribution in [-0.2, 0) is 16.1 Å². The van der Waals surface area contributed by atoms with Crippen LogP contribution in [0.1, 0.15) is 25.3 Å². The number of hydrogen-bond donors (Lipinski definition) is 1. The lowest BCUT2D eigenvalue weighted by Crippen LogP contribution is -3.12. The van der Waals surface area contributed by atoms with Crippen LogP contribution in [0.25, 0.3) is 0 Å². The van der Waals surface area contributed by atoms with Crippen LogP contribution in [0.15, 0.2) is 12.1 Å². The number of hydrogen-bond acceptors (Lipinski definition) is 5. The average Bonchev–Trinajstić information content (AvgIpc) is 2.61. The van der Waals surface area contributed by atoms with Gasteiger partial charge in [0.2, 0.25) is 5.75 Å². The Labute approximate surface area is 143 Å². The number of rotatable bonds is 7. The molecule has 0 saturated carbocycles. The Hall–Kier alpha value is -1.95. The van der Waals surface area contributed by atoms with Crippen LogP contribution >= 0.6 is 0 Å². The minimum absolute atomic E-state index is 0.0140. The number of likely N-dealkylation sites (tertiary alicyclic amines) is 1. The molecule has 1 aliphatic heterocycles. The second-order valence-corrected chi connectivity index (χ2v) is 5.97. The highest BCUT2D eigenvalue weighted by Crippen LogP contribution is 2.39. The lowest BCUT2D eigenvalue weighted by molar-refractivity contribution is -0.921. The topological polar surface area (TPSA) is 58.4 Å². The number of methoxy groups -OCH3 is 3. The molecule has 6 nitrogen and oxygen atoms in total. The van der Waals surface area contributed by atoms with E-state index in [1.807, 2.05) is 19.1 Å². The molecule has 0 aromatic heterocycles. The van der Waals surface area contributed by atoms with Gasteiger partial charge in [-0.2, -0.15) is 0 Å². The van der Waals surface area contributed by atoms with E-state index in [2.05, 4.69) is 0 Å². The molecule has 6 heteroatoms. The van der Waals surface area contributed by atoms with Crippen molar-refractivity contribution in [3.63, 3.8) is 0 Å². The fourth-order valence-electron chi connectivity index (χ4n) is 3.34. The highest BCUT2D eigenvalue weighted by Gasteiger charge is 2.30. The maximum absolute atomic E-state index is 12.0. The summed E-state index contributed by atoms with van der Waals surface area (Å²) in [6, 6.07) is 3.89. The molecule has 2 atom stereocenters. The molecule has 1 unspecified atom stereocenters. The van der Waals surface area contributed by atoms with Gasteiger partial charge < -0.3 is 23.8 Å².